The molecule has 5 rings (SSSR count). The van der Waals surface area contributed by atoms with Crippen molar-refractivity contribution in [2.45, 2.75) is 32.6 Å². The summed E-state index contributed by atoms with van der Waals surface area (Å²) in [5.74, 6) is -0.729. The number of carbonyl (C=O) groups is 2. The number of phenols is 1. The number of nitrogens with zero attached hydrogens (tertiary/aromatic N) is 4. The number of amides is 1. The minimum atomic E-state index is -0.571. The van der Waals surface area contributed by atoms with E-state index in [0.29, 0.717) is 33.8 Å². The molecule has 1 aromatic heterocycles. The van der Waals surface area contributed by atoms with Gasteiger partial charge in [-0.1, -0.05) is 12.1 Å². The van der Waals surface area contributed by atoms with Crippen molar-refractivity contribution >= 4 is 34.7 Å². The normalized spacial score (nSPS) is 16.2. The predicted octanol–water partition coefficient (Wildman–Crippen LogP) is 4.58. The van der Waals surface area contributed by atoms with Gasteiger partial charge in [-0.2, -0.15) is 15.2 Å². The lowest BCUT2D eigenvalue weighted by atomic mass is 9.91. The van der Waals surface area contributed by atoms with Crippen molar-refractivity contribution in [1.29, 1.82) is 0 Å². The Balaban J connectivity index is 1.29. The van der Waals surface area contributed by atoms with Crippen molar-refractivity contribution in [2.24, 2.45) is 10.2 Å². The predicted molar refractivity (Wildman–Crippen MR) is 154 cm³/mol. The van der Waals surface area contributed by atoms with Crippen molar-refractivity contribution in [1.82, 2.24) is 0 Å². The molecule has 10 heteroatoms. The standard InChI is InChI=1S/C30H33N5O5/c1-19-27(29(37)34(33-19)22-13-12-20-8-5-6-9-21(20)18-22)32-31-24-11-7-10-23(28(24)36)25-14-15-26(40-25)30(38)39-17-16-35(2,3)4/h7,10-15,18H,5-6,8-9,16-17H2,1-4H3,(H-,31,32,33,36,37,38)/p+1. The third-order valence-electron chi connectivity index (χ3n) is 6.96. The van der Waals surface area contributed by atoms with Crippen molar-refractivity contribution in [3.05, 3.63) is 65.4 Å². The van der Waals surface area contributed by atoms with Gasteiger partial charge in [0.25, 0.3) is 0 Å². The topological polar surface area (TPSA) is 117 Å². The number of benzene rings is 2. The molecule has 0 fully saturated rings. The number of anilines is 2. The number of aromatic hydroxyl groups is 1. The fraction of sp³-hybridized carbons (Fsp3) is 0.333. The van der Waals surface area contributed by atoms with Gasteiger partial charge < -0.3 is 18.7 Å². The second-order valence-electron chi connectivity index (χ2n) is 11.1. The number of furan rings is 1. The maximum atomic E-state index is 13.2. The molecule has 1 aliphatic heterocycles. The molecule has 10 nitrogen and oxygen atoms in total. The third kappa shape index (κ3) is 5.76. The van der Waals surface area contributed by atoms with Gasteiger partial charge in [-0.25, -0.2) is 4.79 Å². The molecule has 0 spiro atoms. The highest BCUT2D eigenvalue weighted by Crippen LogP contribution is 2.36. The second-order valence-corrected chi connectivity index (χ2v) is 11.1. The summed E-state index contributed by atoms with van der Waals surface area (Å²) in [6.07, 6.45) is 4.39. The minimum absolute atomic E-state index is 0.0417. The zero-order valence-corrected chi connectivity index (χ0v) is 23.2. The van der Waals surface area contributed by atoms with Crippen LogP contribution in [0.3, 0.4) is 0 Å². The molecule has 0 radical (unpaired) electrons. The Labute approximate surface area is 233 Å². The molecule has 2 aliphatic rings. The average molecular weight is 545 g/mol. The Morgan fingerprint density at radius 2 is 1.90 bits per heavy atom. The van der Waals surface area contributed by atoms with Gasteiger partial charge in [0.15, 0.2) is 11.5 Å². The van der Waals surface area contributed by atoms with Crippen LogP contribution in [0.15, 0.2) is 63.2 Å². The molecule has 0 bridgehead atoms. The lowest BCUT2D eigenvalue weighted by molar-refractivity contribution is -0.870. The molecule has 3 aromatic rings. The van der Waals surface area contributed by atoms with Crippen LogP contribution in [0, 0.1) is 0 Å². The largest absolute Gasteiger partial charge is 0.505 e. The van der Waals surface area contributed by atoms with Gasteiger partial charge in [0.2, 0.25) is 5.76 Å². The van der Waals surface area contributed by atoms with Crippen LogP contribution < -0.4 is 10.4 Å². The van der Waals surface area contributed by atoms with Gasteiger partial charge in [0.05, 0.1) is 43.8 Å². The number of hydrazone groups is 2. The summed E-state index contributed by atoms with van der Waals surface area (Å²) < 4.78 is 11.6. The first-order chi connectivity index (χ1) is 19.1. The molecular formula is C30H34N5O5+. The number of aryl methyl sites for hydroxylation is 2. The van der Waals surface area contributed by atoms with Crippen LogP contribution in [0.4, 0.5) is 11.4 Å². The summed E-state index contributed by atoms with van der Waals surface area (Å²) in [5, 5.41) is 21.0. The number of fused-ring (bicyclic) bond motifs is 1. The lowest BCUT2D eigenvalue weighted by Crippen LogP contribution is -2.37. The Bertz CT molecular complexity index is 1510. The molecule has 0 saturated carbocycles. The van der Waals surface area contributed by atoms with Gasteiger partial charge >= 0.3 is 11.9 Å². The number of hydrogen-bond donors (Lipinski definition) is 2. The van der Waals surface area contributed by atoms with E-state index in [4.69, 9.17) is 9.15 Å². The smallest absolute Gasteiger partial charge is 0.374 e. The van der Waals surface area contributed by atoms with E-state index in [1.54, 1.807) is 31.2 Å². The number of phenolic OH excluding ortho intramolecular Hbond substituents is 1. The summed E-state index contributed by atoms with van der Waals surface area (Å²) in [7, 11) is 6.03. The summed E-state index contributed by atoms with van der Waals surface area (Å²) >= 11 is 0. The van der Waals surface area contributed by atoms with Crippen molar-refractivity contribution < 1.29 is 28.3 Å². The monoisotopic (exact) mass is 544 g/mol. The zero-order valence-electron chi connectivity index (χ0n) is 23.2. The maximum absolute atomic E-state index is 13.2. The van der Waals surface area contributed by atoms with E-state index in [2.05, 4.69) is 21.7 Å². The average Bonchev–Trinajstić information content (AvgIpc) is 3.52. The van der Waals surface area contributed by atoms with E-state index in [1.807, 2.05) is 33.3 Å². The molecule has 1 aliphatic carbocycles. The highest BCUT2D eigenvalue weighted by molar-refractivity contribution is 6.71. The van der Waals surface area contributed by atoms with Crippen molar-refractivity contribution in [3.8, 4) is 17.1 Å². The van der Waals surface area contributed by atoms with E-state index in [9.17, 15) is 14.7 Å². The highest BCUT2D eigenvalue weighted by atomic mass is 16.5. The quantitative estimate of drug-likeness (QED) is 0.186. The number of hydrogen-bond acceptors (Lipinski definition) is 8. The number of para-hydroxylation sites is 1. The minimum Gasteiger partial charge on any atom is -0.505 e. The van der Waals surface area contributed by atoms with Crippen LogP contribution in [-0.4, -0.2) is 67.2 Å². The van der Waals surface area contributed by atoms with Gasteiger partial charge in [0.1, 0.15) is 18.9 Å². The molecule has 0 saturated heterocycles. The van der Waals surface area contributed by atoms with E-state index in [1.165, 1.54) is 28.6 Å². The zero-order chi connectivity index (χ0) is 28.4. The van der Waals surface area contributed by atoms with Gasteiger partial charge in [-0.3, -0.25) is 10.2 Å². The number of quaternary nitrogens is 1. The van der Waals surface area contributed by atoms with E-state index < -0.39 is 5.97 Å². The molecule has 2 heterocycles. The first-order valence-corrected chi connectivity index (χ1v) is 13.4. The first kappa shape index (κ1) is 27.1. The summed E-state index contributed by atoms with van der Waals surface area (Å²) in [6, 6.07) is 14.1. The number of rotatable bonds is 8. The van der Waals surface area contributed by atoms with Crippen LogP contribution in [0.5, 0.6) is 5.75 Å². The SMILES string of the molecule is CC1=NN(c2ccc3c(c2)CCCC3)C(=O)/C1=N/Nc1cccc(-c2ccc(C(=O)OCC[N+](C)(C)C)o2)c1O. The third-order valence-corrected chi connectivity index (χ3v) is 6.96. The summed E-state index contributed by atoms with van der Waals surface area (Å²) in [5.41, 5.74) is 7.33. The van der Waals surface area contributed by atoms with E-state index in [-0.39, 0.29) is 35.4 Å². The van der Waals surface area contributed by atoms with Crippen LogP contribution in [0.1, 0.15) is 41.4 Å². The number of carbonyl (C=O) groups excluding carboxylic acids is 2. The van der Waals surface area contributed by atoms with Crippen LogP contribution >= 0.6 is 0 Å². The number of likely N-dealkylation sites (N-methyl/N-ethyl adjacent to an activating group) is 1. The Morgan fingerprint density at radius 1 is 1.12 bits per heavy atom. The van der Waals surface area contributed by atoms with E-state index >= 15 is 0 Å². The fourth-order valence-electron chi connectivity index (χ4n) is 4.68. The molecular weight excluding hydrogens is 510 g/mol. The second kappa shape index (κ2) is 11.0. The van der Waals surface area contributed by atoms with E-state index in [0.717, 1.165) is 19.3 Å². The Kier molecular flexibility index (Phi) is 7.44. The Hall–Kier alpha value is -4.44. The summed E-state index contributed by atoms with van der Waals surface area (Å²) in [6.45, 7) is 2.64. The fourth-order valence-corrected chi connectivity index (χ4v) is 4.68. The van der Waals surface area contributed by atoms with Gasteiger partial charge in [0, 0.05) is 0 Å². The van der Waals surface area contributed by atoms with Crippen LogP contribution in [0.25, 0.3) is 11.3 Å². The van der Waals surface area contributed by atoms with Crippen molar-refractivity contribution in [2.75, 3.05) is 44.7 Å². The molecule has 208 valence electrons. The molecule has 40 heavy (non-hydrogen) atoms. The first-order valence-electron chi connectivity index (χ1n) is 13.4. The maximum Gasteiger partial charge on any atom is 0.374 e. The number of ether oxygens (including phenoxy) is 1. The summed E-state index contributed by atoms with van der Waals surface area (Å²) in [4.78, 5) is 25.6. The molecule has 1 amide bonds. The van der Waals surface area contributed by atoms with Gasteiger partial charge in [-0.15, -0.1) is 0 Å². The molecule has 0 unspecified atom stereocenters. The van der Waals surface area contributed by atoms with Gasteiger partial charge in [-0.05, 0) is 80.1 Å². The van der Waals surface area contributed by atoms with Crippen LogP contribution in [-0.2, 0) is 22.4 Å². The lowest BCUT2D eigenvalue weighted by Gasteiger charge is -2.23. The Morgan fingerprint density at radius 3 is 2.67 bits per heavy atom. The molecule has 2 aromatic carbocycles. The molecule has 2 N–H and O–H groups in total. The van der Waals surface area contributed by atoms with Crippen molar-refractivity contribution in [3.63, 3.8) is 0 Å². The van der Waals surface area contributed by atoms with Crippen LogP contribution in [0.2, 0.25) is 0 Å². The molecule has 0 atom stereocenters. The number of esters is 1. The highest BCUT2D eigenvalue weighted by Gasteiger charge is 2.31. The number of nitrogens with one attached hydrogen (secondary N) is 1.